The third-order valence-corrected chi connectivity index (χ3v) is 8.13. The van der Waals surface area contributed by atoms with E-state index in [1.807, 2.05) is 0 Å². The van der Waals surface area contributed by atoms with Gasteiger partial charge in [-0.15, -0.1) is 11.6 Å². The minimum atomic E-state index is -4.20. The fraction of sp³-hybridized carbons (Fsp3) is 0.500. The summed E-state index contributed by atoms with van der Waals surface area (Å²) in [5, 5.41) is 16.6. The van der Waals surface area contributed by atoms with Gasteiger partial charge in [0.15, 0.2) is 23.2 Å². The van der Waals surface area contributed by atoms with Crippen LogP contribution in [0.2, 0.25) is 0 Å². The SMILES string of the molecule is CNc1nc(N)nc2c1ncn2[C@@H]1O[C@H](CO[P@](=O)(N[C@@H](C)C(=O)OC(C)C)Oc2ccccc2)[C@@H](O)[C@@]1(C)Cl. The number of esters is 1. The lowest BCUT2D eigenvalue weighted by Crippen LogP contribution is -2.40. The van der Waals surface area contributed by atoms with Crippen LogP contribution in [0.25, 0.3) is 11.2 Å². The fourth-order valence-electron chi connectivity index (χ4n) is 4.14. The number of carbonyl (C=O) groups is 1. The molecule has 16 heteroatoms. The van der Waals surface area contributed by atoms with E-state index in [9.17, 15) is 14.5 Å². The number of ether oxygens (including phenoxy) is 2. The van der Waals surface area contributed by atoms with E-state index in [0.29, 0.717) is 17.0 Å². The van der Waals surface area contributed by atoms with Crippen molar-refractivity contribution in [1.82, 2.24) is 24.6 Å². The summed E-state index contributed by atoms with van der Waals surface area (Å²) in [6, 6.07) is 7.26. The van der Waals surface area contributed by atoms with E-state index in [4.69, 9.17) is 35.9 Å². The molecule has 3 aromatic rings. The van der Waals surface area contributed by atoms with Crippen LogP contribution >= 0.6 is 19.3 Å². The van der Waals surface area contributed by atoms with Crippen LogP contribution in [0.15, 0.2) is 36.7 Å². The maximum absolute atomic E-state index is 13.8. The van der Waals surface area contributed by atoms with Gasteiger partial charge in [-0.2, -0.15) is 15.1 Å². The highest BCUT2D eigenvalue weighted by molar-refractivity contribution is 7.52. The molecule has 1 fully saturated rings. The summed E-state index contributed by atoms with van der Waals surface area (Å²) >= 11 is 6.79. The number of aromatic nitrogens is 4. The van der Waals surface area contributed by atoms with Gasteiger partial charge in [-0.05, 0) is 39.8 Å². The number of fused-ring (bicyclic) bond motifs is 1. The summed E-state index contributed by atoms with van der Waals surface area (Å²) in [4.78, 5) is 23.7. The van der Waals surface area contributed by atoms with Gasteiger partial charge in [0.05, 0.1) is 19.0 Å². The first-order valence-electron chi connectivity index (χ1n) is 12.5. The highest BCUT2D eigenvalue weighted by Crippen LogP contribution is 2.48. The van der Waals surface area contributed by atoms with Crippen molar-refractivity contribution in [3.63, 3.8) is 0 Å². The molecule has 0 radical (unpaired) electrons. The number of nitrogens with one attached hydrogen (secondary N) is 2. The Bertz CT molecular complexity index is 1390. The van der Waals surface area contributed by atoms with Crippen molar-refractivity contribution < 1.29 is 33.0 Å². The summed E-state index contributed by atoms with van der Waals surface area (Å²) in [5.74, 6) is 0.00283. The summed E-state index contributed by atoms with van der Waals surface area (Å²) in [6.45, 7) is 6.04. The van der Waals surface area contributed by atoms with Crippen LogP contribution in [0.1, 0.15) is 33.9 Å². The Balaban J connectivity index is 1.56. The molecule has 218 valence electrons. The highest BCUT2D eigenvalue weighted by Gasteiger charge is 2.54. The Labute approximate surface area is 236 Å². The molecule has 0 unspecified atom stereocenters. The first-order valence-corrected chi connectivity index (χ1v) is 14.4. The van der Waals surface area contributed by atoms with Gasteiger partial charge in [0, 0.05) is 7.05 Å². The topological polar surface area (TPSA) is 185 Å². The third-order valence-electron chi connectivity index (χ3n) is 6.08. The van der Waals surface area contributed by atoms with Crippen LogP contribution in [0.5, 0.6) is 5.75 Å². The van der Waals surface area contributed by atoms with Gasteiger partial charge in [-0.3, -0.25) is 13.9 Å². The molecule has 0 aliphatic carbocycles. The molecule has 1 aliphatic rings. The quantitative estimate of drug-likeness (QED) is 0.144. The number of benzene rings is 1. The van der Waals surface area contributed by atoms with Crippen LogP contribution in [0.3, 0.4) is 0 Å². The molecular formula is C24H33ClN7O7P. The Kier molecular flexibility index (Phi) is 8.88. The molecule has 1 saturated heterocycles. The lowest BCUT2D eigenvalue weighted by molar-refractivity contribution is -0.149. The second-order valence-electron chi connectivity index (χ2n) is 9.66. The number of aliphatic hydroxyl groups excluding tert-OH is 1. The number of nitrogen functional groups attached to an aromatic ring is 1. The molecule has 6 atom stereocenters. The molecule has 40 heavy (non-hydrogen) atoms. The molecule has 14 nitrogen and oxygen atoms in total. The molecule has 3 heterocycles. The predicted molar refractivity (Wildman–Crippen MR) is 148 cm³/mol. The Morgan fingerprint density at radius 3 is 2.65 bits per heavy atom. The van der Waals surface area contributed by atoms with E-state index < -0.39 is 49.7 Å². The molecule has 0 bridgehead atoms. The number of halogens is 1. The number of hydrogen-bond donors (Lipinski definition) is 4. The lowest BCUT2D eigenvalue weighted by atomic mass is 10.0. The summed E-state index contributed by atoms with van der Waals surface area (Å²) in [5.41, 5.74) is 6.62. The minimum absolute atomic E-state index is 0.00323. The zero-order valence-corrected chi connectivity index (χ0v) is 24.3. The van der Waals surface area contributed by atoms with Crippen molar-refractivity contribution in [2.24, 2.45) is 0 Å². The molecule has 1 aromatic carbocycles. The highest BCUT2D eigenvalue weighted by atomic mass is 35.5. The maximum Gasteiger partial charge on any atom is 0.459 e. The van der Waals surface area contributed by atoms with Crippen molar-refractivity contribution in [2.75, 3.05) is 24.7 Å². The van der Waals surface area contributed by atoms with E-state index in [1.165, 1.54) is 17.8 Å². The van der Waals surface area contributed by atoms with Gasteiger partial charge in [0.1, 0.15) is 28.9 Å². The molecular weight excluding hydrogens is 565 g/mol. The zero-order valence-electron chi connectivity index (χ0n) is 22.6. The normalized spacial score (nSPS) is 25.1. The summed E-state index contributed by atoms with van der Waals surface area (Å²) < 4.78 is 38.0. The van der Waals surface area contributed by atoms with E-state index in [0.717, 1.165) is 0 Å². The van der Waals surface area contributed by atoms with Gasteiger partial charge >= 0.3 is 13.7 Å². The van der Waals surface area contributed by atoms with E-state index >= 15 is 0 Å². The van der Waals surface area contributed by atoms with Gasteiger partial charge in [-0.1, -0.05) is 18.2 Å². The number of anilines is 2. The summed E-state index contributed by atoms with van der Waals surface area (Å²) in [7, 11) is -2.53. The monoisotopic (exact) mass is 597 g/mol. The average molecular weight is 598 g/mol. The van der Waals surface area contributed by atoms with Crippen molar-refractivity contribution in [1.29, 1.82) is 0 Å². The van der Waals surface area contributed by atoms with Crippen LogP contribution in [0.4, 0.5) is 11.8 Å². The first kappa shape index (κ1) is 30.0. The number of nitrogens with zero attached hydrogens (tertiary/aromatic N) is 4. The number of carbonyl (C=O) groups excluding carboxylic acids is 1. The van der Waals surface area contributed by atoms with Gasteiger partial charge in [-0.25, -0.2) is 9.55 Å². The van der Waals surface area contributed by atoms with Crippen molar-refractivity contribution >= 4 is 48.2 Å². The van der Waals surface area contributed by atoms with Crippen LogP contribution in [-0.2, 0) is 23.4 Å². The molecule has 0 saturated carbocycles. The largest absolute Gasteiger partial charge is 0.462 e. The Morgan fingerprint density at radius 2 is 2.00 bits per heavy atom. The molecule has 5 N–H and O–H groups in total. The van der Waals surface area contributed by atoms with Crippen molar-refractivity contribution in [3.05, 3.63) is 36.7 Å². The number of rotatable bonds is 11. The number of hydrogen-bond acceptors (Lipinski definition) is 12. The summed E-state index contributed by atoms with van der Waals surface area (Å²) in [6.07, 6.45) is -2.23. The van der Waals surface area contributed by atoms with Crippen LogP contribution in [0, 0.1) is 0 Å². The van der Waals surface area contributed by atoms with E-state index in [2.05, 4.69) is 25.4 Å². The van der Waals surface area contributed by atoms with Gasteiger partial charge < -0.3 is 30.2 Å². The Morgan fingerprint density at radius 1 is 1.30 bits per heavy atom. The number of imidazole rings is 1. The van der Waals surface area contributed by atoms with Gasteiger partial charge in [0.2, 0.25) is 5.95 Å². The zero-order chi connectivity index (χ0) is 29.2. The molecule has 4 rings (SSSR count). The van der Waals surface area contributed by atoms with Crippen molar-refractivity contribution in [2.45, 2.75) is 63.2 Å². The number of alkyl halides is 1. The van der Waals surface area contributed by atoms with Crippen LogP contribution in [-0.4, -0.2) is 73.5 Å². The first-order chi connectivity index (χ1) is 18.8. The van der Waals surface area contributed by atoms with Crippen molar-refractivity contribution in [3.8, 4) is 5.75 Å². The molecule has 0 amide bonds. The molecule has 0 spiro atoms. The standard InChI is InChI=1S/C24H33ClN7O7P/c1-13(2)37-21(34)14(3)31-40(35,39-15-9-7-6-8-10-15)36-11-16-18(33)24(4,25)22(38-16)32-12-28-17-19(27-5)29-23(26)30-20(17)32/h6-10,12-14,16,18,22,33H,11H2,1-5H3,(H,31,35)(H3,26,27,29,30)/t14-,16+,18+,22+,24+,40+/m0/s1. The van der Waals surface area contributed by atoms with Gasteiger partial charge in [0.25, 0.3) is 0 Å². The second-order valence-corrected chi connectivity index (χ2v) is 12.2. The number of nitrogens with two attached hydrogens (primary N) is 1. The second kappa shape index (κ2) is 11.9. The van der Waals surface area contributed by atoms with Crippen LogP contribution < -0.4 is 20.7 Å². The maximum atomic E-state index is 13.8. The third kappa shape index (κ3) is 6.32. The number of para-hydroxylation sites is 1. The minimum Gasteiger partial charge on any atom is -0.462 e. The van der Waals surface area contributed by atoms with E-state index in [-0.39, 0.29) is 17.8 Å². The predicted octanol–water partition coefficient (Wildman–Crippen LogP) is 2.84. The fourth-order valence-corrected chi connectivity index (χ4v) is 5.93. The molecule has 2 aromatic heterocycles. The Hall–Kier alpha value is -3.00. The lowest BCUT2D eigenvalue weighted by Gasteiger charge is -2.26. The smallest absolute Gasteiger partial charge is 0.459 e. The van der Waals surface area contributed by atoms with E-state index in [1.54, 1.807) is 58.2 Å². The average Bonchev–Trinajstić information content (AvgIpc) is 3.40. The number of aliphatic hydroxyl groups is 1. The molecule has 1 aliphatic heterocycles.